The summed E-state index contributed by atoms with van der Waals surface area (Å²) in [7, 11) is 1.34. The second kappa shape index (κ2) is 16.7. The molecule has 0 radical (unpaired) electrons. The van der Waals surface area contributed by atoms with Crippen LogP contribution in [-0.4, -0.2) is 158 Å². The molecule has 1 aromatic heterocycles. The summed E-state index contributed by atoms with van der Waals surface area (Å²) in [5.74, 6) is -2.09. The number of methoxy groups -OCH3 is 1. The molecule has 0 bridgehead atoms. The van der Waals surface area contributed by atoms with Crippen LogP contribution in [0.2, 0.25) is 0 Å². The Morgan fingerprint density at radius 1 is 0.750 bits per heavy atom. The van der Waals surface area contributed by atoms with Crippen LogP contribution >= 0.6 is 0 Å². The lowest BCUT2D eigenvalue weighted by Crippen LogP contribution is -2.64. The first-order valence-electron chi connectivity index (χ1n) is 17.5. The van der Waals surface area contributed by atoms with E-state index in [-0.39, 0.29) is 33.8 Å². The maximum atomic E-state index is 13.9. The van der Waals surface area contributed by atoms with Gasteiger partial charge in [0, 0.05) is 24.6 Å². The minimum Gasteiger partial charge on any atom is -0.508 e. The number of ether oxygens (including phenoxy) is 8. The van der Waals surface area contributed by atoms with Crippen molar-refractivity contribution in [3.8, 4) is 34.3 Å². The van der Waals surface area contributed by atoms with E-state index in [2.05, 4.69) is 0 Å². The Bertz CT molecular complexity index is 1900. The fraction of sp³-hybridized carbons (Fsp3) is 0.556. The van der Waals surface area contributed by atoms with E-state index >= 15 is 0 Å². The van der Waals surface area contributed by atoms with Gasteiger partial charge in [0.25, 0.3) is 0 Å². The van der Waals surface area contributed by atoms with Crippen molar-refractivity contribution in [1.29, 1.82) is 0 Å². The van der Waals surface area contributed by atoms with E-state index in [1.165, 1.54) is 51.3 Å². The number of phenolic OH excluding ortho intramolecular Hbond substituents is 2. The SMILES string of the molecule is COc1cc(O)c2c(=O)c(OC3OC(COC4OC(C)C(OC(C)=O)C(OC5OC(C)C(O)C(O)C5O)C4O)C(O)C(O)C3O)c(-c3ccc(O)cc3)oc2c1. The molecule has 0 saturated carbocycles. The van der Waals surface area contributed by atoms with Crippen molar-refractivity contribution < 1.29 is 93.1 Å². The minimum atomic E-state index is -1.98. The molecule has 4 heterocycles. The zero-order valence-corrected chi connectivity index (χ0v) is 30.3. The Kier molecular flexibility index (Phi) is 12.4. The van der Waals surface area contributed by atoms with Crippen molar-refractivity contribution in [3.63, 3.8) is 0 Å². The first-order chi connectivity index (χ1) is 26.5. The smallest absolute Gasteiger partial charge is 0.303 e. The van der Waals surface area contributed by atoms with Gasteiger partial charge in [0.15, 0.2) is 24.4 Å². The molecule has 3 saturated heterocycles. The van der Waals surface area contributed by atoms with Crippen molar-refractivity contribution in [2.45, 2.75) is 113 Å². The van der Waals surface area contributed by atoms with Crippen LogP contribution in [0.1, 0.15) is 20.8 Å². The maximum Gasteiger partial charge on any atom is 0.303 e. The molecule has 0 amide bonds. The molecule has 56 heavy (non-hydrogen) atoms. The zero-order valence-electron chi connectivity index (χ0n) is 30.3. The number of hydrogen-bond donors (Lipinski definition) is 9. The molecule has 3 aliphatic rings. The van der Waals surface area contributed by atoms with Gasteiger partial charge in [0.2, 0.25) is 17.5 Å². The third-order valence-electron chi connectivity index (χ3n) is 9.75. The standard InChI is InChI=1S/C36H44O20/c1-12-22(40)25(43)27(45)35(50-12)56-33-29(47)34(51-13(2)30(33)52-14(3)37)49-11-20-23(41)26(44)28(46)36(54-20)55-32-24(42)21-18(39)9-17(48-4)10-19(21)53-31(32)15-5-7-16(38)8-6-15/h5-10,12-13,20,22-23,25-30,33-36,38-41,43-47H,11H2,1-4H3. The van der Waals surface area contributed by atoms with Crippen LogP contribution in [-0.2, 0) is 33.2 Å². The molecule has 2 aromatic carbocycles. The topological polar surface area (TPSA) is 303 Å². The second-order valence-electron chi connectivity index (χ2n) is 13.7. The molecule has 9 N–H and O–H groups in total. The van der Waals surface area contributed by atoms with Gasteiger partial charge in [-0.25, -0.2) is 0 Å². The van der Waals surface area contributed by atoms with E-state index in [4.69, 9.17) is 42.3 Å². The average molecular weight is 797 g/mol. The minimum absolute atomic E-state index is 0.111. The largest absolute Gasteiger partial charge is 0.508 e. The van der Waals surface area contributed by atoms with Gasteiger partial charge in [-0.05, 0) is 38.1 Å². The average Bonchev–Trinajstić information content (AvgIpc) is 3.16. The van der Waals surface area contributed by atoms with E-state index in [9.17, 15) is 55.5 Å². The second-order valence-corrected chi connectivity index (χ2v) is 13.7. The van der Waals surface area contributed by atoms with Crippen molar-refractivity contribution in [1.82, 2.24) is 0 Å². The highest BCUT2D eigenvalue weighted by molar-refractivity contribution is 5.88. The van der Waals surface area contributed by atoms with Crippen LogP contribution in [0.5, 0.6) is 23.0 Å². The van der Waals surface area contributed by atoms with Crippen LogP contribution < -0.4 is 14.9 Å². The van der Waals surface area contributed by atoms with Gasteiger partial charge in [-0.2, -0.15) is 0 Å². The predicted octanol–water partition coefficient (Wildman–Crippen LogP) is -1.67. The van der Waals surface area contributed by atoms with Gasteiger partial charge in [-0.15, -0.1) is 0 Å². The summed E-state index contributed by atoms with van der Waals surface area (Å²) in [4.78, 5) is 25.9. The van der Waals surface area contributed by atoms with Crippen molar-refractivity contribution in [3.05, 3.63) is 46.6 Å². The van der Waals surface area contributed by atoms with E-state index in [0.717, 1.165) is 13.0 Å². The molecule has 0 aliphatic carbocycles. The van der Waals surface area contributed by atoms with Gasteiger partial charge < -0.3 is 88.3 Å². The highest BCUT2D eigenvalue weighted by atomic mass is 16.8. The summed E-state index contributed by atoms with van der Waals surface area (Å²) in [5, 5.41) is 95.3. The summed E-state index contributed by atoms with van der Waals surface area (Å²) in [6, 6.07) is 7.90. The maximum absolute atomic E-state index is 13.9. The first kappa shape index (κ1) is 41.5. The molecule has 15 atom stereocenters. The molecular weight excluding hydrogens is 752 g/mol. The molecule has 3 fully saturated rings. The summed E-state index contributed by atoms with van der Waals surface area (Å²) < 4.78 is 51.0. The van der Waals surface area contributed by atoms with Crippen LogP contribution in [0.25, 0.3) is 22.3 Å². The van der Waals surface area contributed by atoms with Gasteiger partial charge in [-0.1, -0.05) is 0 Å². The van der Waals surface area contributed by atoms with Gasteiger partial charge >= 0.3 is 5.97 Å². The molecule has 3 aromatic rings. The van der Waals surface area contributed by atoms with Crippen LogP contribution in [0.3, 0.4) is 0 Å². The van der Waals surface area contributed by atoms with E-state index < -0.39 is 122 Å². The van der Waals surface area contributed by atoms with Crippen LogP contribution in [0.4, 0.5) is 0 Å². The summed E-state index contributed by atoms with van der Waals surface area (Å²) in [5.41, 5.74) is -0.832. The van der Waals surface area contributed by atoms with E-state index in [1.807, 2.05) is 0 Å². The van der Waals surface area contributed by atoms with Crippen molar-refractivity contribution in [2.75, 3.05) is 13.7 Å². The summed E-state index contributed by atoms with van der Waals surface area (Å²) >= 11 is 0. The number of esters is 1. The number of hydrogen-bond acceptors (Lipinski definition) is 20. The third-order valence-corrected chi connectivity index (χ3v) is 9.75. The zero-order chi connectivity index (χ0) is 40.7. The molecule has 20 heteroatoms. The molecule has 6 rings (SSSR count). The van der Waals surface area contributed by atoms with Crippen molar-refractivity contribution >= 4 is 16.9 Å². The van der Waals surface area contributed by atoms with Gasteiger partial charge in [-0.3, -0.25) is 9.59 Å². The number of aromatic hydroxyl groups is 2. The molecule has 20 nitrogen and oxygen atoms in total. The van der Waals surface area contributed by atoms with Gasteiger partial charge in [0.1, 0.15) is 83.2 Å². The lowest BCUT2D eigenvalue weighted by Gasteiger charge is -2.46. The number of carbonyl (C=O) groups excluding carboxylic acids is 1. The Labute approximate surface area is 317 Å². The van der Waals surface area contributed by atoms with E-state index in [0.29, 0.717) is 0 Å². The fourth-order valence-electron chi connectivity index (χ4n) is 6.66. The number of phenols is 2. The molecule has 3 aliphatic heterocycles. The summed E-state index contributed by atoms with van der Waals surface area (Å²) in [6.07, 6.45) is -24.1. The van der Waals surface area contributed by atoms with Crippen LogP contribution in [0, 0.1) is 0 Å². The van der Waals surface area contributed by atoms with E-state index in [1.54, 1.807) is 0 Å². The summed E-state index contributed by atoms with van der Waals surface area (Å²) in [6.45, 7) is 3.29. The molecule has 0 spiro atoms. The number of rotatable bonds is 10. The lowest BCUT2D eigenvalue weighted by atomic mass is 9.97. The van der Waals surface area contributed by atoms with Crippen molar-refractivity contribution in [2.24, 2.45) is 0 Å². The quantitative estimate of drug-likeness (QED) is 0.104. The Morgan fingerprint density at radius 3 is 2.05 bits per heavy atom. The van der Waals surface area contributed by atoms with Gasteiger partial charge in [0.05, 0.1) is 25.9 Å². The molecule has 15 unspecified atom stereocenters. The Hall–Kier alpha value is -4.16. The number of fused-ring (bicyclic) bond motifs is 1. The number of benzene rings is 2. The highest BCUT2D eigenvalue weighted by Crippen LogP contribution is 2.38. The highest BCUT2D eigenvalue weighted by Gasteiger charge is 2.52. The lowest BCUT2D eigenvalue weighted by molar-refractivity contribution is -0.359. The number of aliphatic hydroxyl groups is 7. The molecular formula is C36H44O20. The Balaban J connectivity index is 1.25. The number of carbonyl (C=O) groups is 1. The molecule has 308 valence electrons. The van der Waals surface area contributed by atoms with Crippen LogP contribution in [0.15, 0.2) is 45.6 Å². The Morgan fingerprint density at radius 2 is 1.39 bits per heavy atom. The monoisotopic (exact) mass is 796 g/mol. The predicted molar refractivity (Wildman–Crippen MR) is 184 cm³/mol. The normalized spacial score (nSPS) is 36.2. The number of aliphatic hydroxyl groups excluding tert-OH is 7. The third kappa shape index (κ3) is 8.14. The first-order valence-corrected chi connectivity index (χ1v) is 17.5. The fourth-order valence-corrected chi connectivity index (χ4v) is 6.66.